The molecule has 4 rings (SSSR count). The van der Waals surface area contributed by atoms with Crippen LogP contribution in [0.5, 0.6) is 0 Å². The van der Waals surface area contributed by atoms with E-state index in [-0.39, 0.29) is 36.8 Å². The molecule has 2 atom stereocenters. The van der Waals surface area contributed by atoms with Crippen LogP contribution < -0.4 is 11.1 Å². The summed E-state index contributed by atoms with van der Waals surface area (Å²) in [6, 6.07) is 9.93. The number of rotatable bonds is 4. The minimum Gasteiger partial charge on any atom is -0.347 e. The van der Waals surface area contributed by atoms with Crippen LogP contribution in [-0.2, 0) is 11.3 Å². The average Bonchev–Trinajstić information content (AvgIpc) is 3.09. The van der Waals surface area contributed by atoms with Crippen LogP contribution in [0.15, 0.2) is 34.9 Å². The fraction of sp³-hybridized carbons (Fsp3) is 0.526. The number of carbonyl (C=O) groups is 1. The molecular weight excluding hydrogens is 352 g/mol. The lowest BCUT2D eigenvalue weighted by atomic mass is 9.65. The van der Waals surface area contributed by atoms with Gasteiger partial charge in [0.2, 0.25) is 17.6 Å². The van der Waals surface area contributed by atoms with Gasteiger partial charge in [-0.05, 0) is 37.5 Å². The number of nitrogens with two attached hydrogens (primary N) is 1. The van der Waals surface area contributed by atoms with Gasteiger partial charge in [0.05, 0.1) is 6.54 Å². The highest BCUT2D eigenvalue weighted by Gasteiger charge is 2.40. The number of hydrogen-bond donors (Lipinski definition) is 2. The first-order valence-corrected chi connectivity index (χ1v) is 9.12. The van der Waals surface area contributed by atoms with Gasteiger partial charge in [-0.2, -0.15) is 4.98 Å². The van der Waals surface area contributed by atoms with Gasteiger partial charge in [0.25, 0.3) is 0 Å². The van der Waals surface area contributed by atoms with Gasteiger partial charge >= 0.3 is 0 Å². The Balaban J connectivity index is 0.00000196. The van der Waals surface area contributed by atoms with E-state index in [0.717, 1.165) is 31.2 Å². The van der Waals surface area contributed by atoms with Crippen molar-refractivity contribution in [2.24, 2.45) is 23.5 Å². The predicted molar refractivity (Wildman–Crippen MR) is 100 cm³/mol. The largest absolute Gasteiger partial charge is 0.347 e. The summed E-state index contributed by atoms with van der Waals surface area (Å²) in [5.74, 6) is 2.12. The quantitative estimate of drug-likeness (QED) is 0.855. The molecular formula is C19H25ClN4O2. The van der Waals surface area contributed by atoms with E-state index in [1.54, 1.807) is 0 Å². The molecule has 1 aromatic heterocycles. The molecule has 2 saturated carbocycles. The van der Waals surface area contributed by atoms with E-state index in [1.165, 1.54) is 6.42 Å². The summed E-state index contributed by atoms with van der Waals surface area (Å²) in [5.41, 5.74) is 7.21. The number of hydrogen-bond acceptors (Lipinski definition) is 5. The average molecular weight is 377 g/mol. The molecule has 3 N–H and O–H groups in total. The van der Waals surface area contributed by atoms with Gasteiger partial charge in [-0.1, -0.05) is 41.9 Å². The van der Waals surface area contributed by atoms with E-state index in [1.807, 2.05) is 30.3 Å². The first-order valence-electron chi connectivity index (χ1n) is 9.12. The second-order valence-electron chi connectivity index (χ2n) is 7.29. The maximum atomic E-state index is 12.5. The fourth-order valence-corrected chi connectivity index (χ4v) is 4.34. The van der Waals surface area contributed by atoms with Crippen molar-refractivity contribution < 1.29 is 9.32 Å². The van der Waals surface area contributed by atoms with Crippen molar-refractivity contribution in [1.29, 1.82) is 0 Å². The minimum absolute atomic E-state index is 0. The number of halogens is 1. The lowest BCUT2D eigenvalue weighted by Gasteiger charge is -2.43. The summed E-state index contributed by atoms with van der Waals surface area (Å²) in [7, 11) is 0. The third kappa shape index (κ3) is 3.91. The smallest absolute Gasteiger partial charge is 0.246 e. The molecule has 2 unspecified atom stereocenters. The molecule has 2 aliphatic carbocycles. The molecule has 2 bridgehead atoms. The van der Waals surface area contributed by atoms with Crippen molar-refractivity contribution in [3.8, 4) is 11.4 Å². The van der Waals surface area contributed by atoms with Crippen molar-refractivity contribution >= 4 is 18.3 Å². The first kappa shape index (κ1) is 18.9. The maximum Gasteiger partial charge on any atom is 0.246 e. The Hall–Kier alpha value is -1.92. The highest BCUT2D eigenvalue weighted by atomic mass is 35.5. The van der Waals surface area contributed by atoms with Crippen molar-refractivity contribution in [2.75, 3.05) is 0 Å². The van der Waals surface area contributed by atoms with Gasteiger partial charge in [-0.3, -0.25) is 4.79 Å². The third-order valence-electron chi connectivity index (χ3n) is 5.70. The van der Waals surface area contributed by atoms with Crippen molar-refractivity contribution in [2.45, 2.75) is 44.7 Å². The Kier molecular flexibility index (Phi) is 5.94. The molecule has 0 spiro atoms. The first-order chi connectivity index (χ1) is 12.2. The molecule has 2 fully saturated rings. The highest BCUT2D eigenvalue weighted by Crippen LogP contribution is 2.41. The second-order valence-corrected chi connectivity index (χ2v) is 7.29. The molecule has 26 heavy (non-hydrogen) atoms. The van der Waals surface area contributed by atoms with Crippen molar-refractivity contribution in [3.05, 3.63) is 36.2 Å². The van der Waals surface area contributed by atoms with E-state index in [2.05, 4.69) is 15.5 Å². The van der Waals surface area contributed by atoms with E-state index in [0.29, 0.717) is 23.6 Å². The Bertz CT molecular complexity index is 722. The molecule has 0 saturated heterocycles. The normalized spacial score (nSPS) is 27.4. The molecule has 0 radical (unpaired) electrons. The second kappa shape index (κ2) is 8.18. The Morgan fingerprint density at radius 3 is 2.58 bits per heavy atom. The molecule has 2 aliphatic rings. The van der Waals surface area contributed by atoms with Gasteiger partial charge in [0.1, 0.15) is 0 Å². The number of nitrogens with zero attached hydrogens (tertiary/aromatic N) is 2. The topological polar surface area (TPSA) is 94.0 Å². The van der Waals surface area contributed by atoms with Crippen LogP contribution in [0.2, 0.25) is 0 Å². The zero-order valence-electron chi connectivity index (χ0n) is 14.6. The number of nitrogens with one attached hydrogen (secondary N) is 1. The van der Waals surface area contributed by atoms with Crippen LogP contribution in [0.3, 0.4) is 0 Å². The van der Waals surface area contributed by atoms with Crippen LogP contribution in [0.1, 0.15) is 38.0 Å². The van der Waals surface area contributed by atoms with Crippen LogP contribution in [-0.4, -0.2) is 22.1 Å². The van der Waals surface area contributed by atoms with Crippen LogP contribution in [0.25, 0.3) is 11.4 Å². The summed E-state index contributed by atoms with van der Waals surface area (Å²) in [6.45, 7) is 0.274. The van der Waals surface area contributed by atoms with E-state index in [4.69, 9.17) is 10.3 Å². The minimum atomic E-state index is 0. The van der Waals surface area contributed by atoms with Crippen LogP contribution in [0, 0.1) is 17.8 Å². The van der Waals surface area contributed by atoms with Gasteiger partial charge in [-0.15, -0.1) is 12.4 Å². The molecule has 1 heterocycles. The van der Waals surface area contributed by atoms with Crippen LogP contribution >= 0.6 is 12.4 Å². The number of fused-ring (bicyclic) bond motifs is 2. The van der Waals surface area contributed by atoms with E-state index >= 15 is 0 Å². The summed E-state index contributed by atoms with van der Waals surface area (Å²) < 4.78 is 5.25. The zero-order chi connectivity index (χ0) is 17.2. The third-order valence-corrected chi connectivity index (χ3v) is 5.70. The molecule has 7 heteroatoms. The highest BCUT2D eigenvalue weighted by molar-refractivity contribution is 5.85. The number of carbonyl (C=O) groups excluding carboxylic acids is 1. The number of aromatic nitrogens is 2. The summed E-state index contributed by atoms with van der Waals surface area (Å²) in [5, 5.41) is 6.94. The number of amides is 1. The fourth-order valence-electron chi connectivity index (χ4n) is 4.34. The Morgan fingerprint density at radius 1 is 1.19 bits per heavy atom. The SMILES string of the molecule is Cl.NC1C2CCCC1CC(C(=O)NCc1nc(-c3ccccc3)no1)C2. The van der Waals surface area contributed by atoms with E-state index < -0.39 is 0 Å². The summed E-state index contributed by atoms with van der Waals surface area (Å²) in [4.78, 5) is 16.9. The Labute approximate surface area is 159 Å². The van der Waals surface area contributed by atoms with E-state index in [9.17, 15) is 4.79 Å². The molecule has 1 aromatic carbocycles. The molecule has 1 amide bonds. The molecule has 0 aliphatic heterocycles. The lowest BCUT2D eigenvalue weighted by molar-refractivity contribution is -0.128. The van der Waals surface area contributed by atoms with Gasteiger partial charge < -0.3 is 15.6 Å². The Morgan fingerprint density at radius 2 is 1.88 bits per heavy atom. The van der Waals surface area contributed by atoms with Gasteiger partial charge in [-0.25, -0.2) is 0 Å². The zero-order valence-corrected chi connectivity index (χ0v) is 15.5. The van der Waals surface area contributed by atoms with Crippen molar-refractivity contribution in [3.63, 3.8) is 0 Å². The van der Waals surface area contributed by atoms with Crippen molar-refractivity contribution in [1.82, 2.24) is 15.5 Å². The maximum absolute atomic E-state index is 12.5. The standard InChI is InChI=1S/C19H24N4O2.ClH/c20-17-13-7-4-8-14(17)10-15(9-13)19(24)21-11-16-22-18(23-25-16)12-5-2-1-3-6-12;/h1-3,5-6,13-15,17H,4,7-11,20H2,(H,21,24);1H. The van der Waals surface area contributed by atoms with Crippen LogP contribution in [0.4, 0.5) is 0 Å². The summed E-state index contributed by atoms with van der Waals surface area (Å²) in [6.07, 6.45) is 5.38. The number of benzene rings is 1. The molecule has 6 nitrogen and oxygen atoms in total. The molecule has 140 valence electrons. The predicted octanol–water partition coefficient (Wildman–Crippen LogP) is 2.93. The summed E-state index contributed by atoms with van der Waals surface area (Å²) >= 11 is 0. The monoisotopic (exact) mass is 376 g/mol. The molecule has 2 aromatic rings. The van der Waals surface area contributed by atoms with Gasteiger partial charge in [0.15, 0.2) is 0 Å². The lowest BCUT2D eigenvalue weighted by Crippen LogP contribution is -2.49. The van der Waals surface area contributed by atoms with Gasteiger partial charge in [0, 0.05) is 17.5 Å².